The van der Waals surface area contributed by atoms with Crippen molar-refractivity contribution in [2.24, 2.45) is 0 Å². The van der Waals surface area contributed by atoms with E-state index in [0.29, 0.717) is 12.8 Å². The first-order valence-corrected chi connectivity index (χ1v) is 16.8. The van der Waals surface area contributed by atoms with Gasteiger partial charge in [0.05, 0.1) is 11.8 Å². The molecule has 0 fully saturated rings. The Morgan fingerprint density at radius 1 is 0.800 bits per heavy atom. The van der Waals surface area contributed by atoms with Crippen LogP contribution >= 0.6 is 22.7 Å². The van der Waals surface area contributed by atoms with Gasteiger partial charge in [-0.3, -0.25) is 9.59 Å². The molecule has 2 amide bonds. The van der Waals surface area contributed by atoms with Gasteiger partial charge in [0.15, 0.2) is 9.84 Å². The van der Waals surface area contributed by atoms with E-state index in [4.69, 9.17) is 0 Å². The molecule has 40 heavy (non-hydrogen) atoms. The minimum Gasteiger partial charge on any atom is -0.337 e. The van der Waals surface area contributed by atoms with Gasteiger partial charge in [-0.25, -0.2) is 8.42 Å². The molecular formula is C31H34N2O4S3. The third kappa shape index (κ3) is 7.68. The van der Waals surface area contributed by atoms with Crippen LogP contribution in [0.1, 0.15) is 35.2 Å². The van der Waals surface area contributed by atoms with Crippen LogP contribution in [0, 0.1) is 0 Å². The van der Waals surface area contributed by atoms with Crippen LogP contribution in [0.4, 0.5) is 0 Å². The number of sulfone groups is 1. The lowest BCUT2D eigenvalue weighted by Gasteiger charge is -2.35. The molecule has 4 rings (SSSR count). The fourth-order valence-electron chi connectivity index (χ4n) is 4.68. The van der Waals surface area contributed by atoms with E-state index in [1.165, 1.54) is 23.0 Å². The van der Waals surface area contributed by atoms with E-state index >= 15 is 0 Å². The Kier molecular flexibility index (Phi) is 9.60. The number of likely N-dealkylation sites (N-methyl/N-ethyl adjacent to an activating group) is 2. The van der Waals surface area contributed by atoms with Gasteiger partial charge >= 0.3 is 0 Å². The van der Waals surface area contributed by atoms with Crippen molar-refractivity contribution in [1.29, 1.82) is 0 Å². The zero-order valence-electron chi connectivity index (χ0n) is 23.1. The van der Waals surface area contributed by atoms with E-state index in [1.54, 1.807) is 41.7 Å². The van der Waals surface area contributed by atoms with Crippen LogP contribution in [-0.4, -0.2) is 56.4 Å². The molecule has 0 aliphatic rings. The van der Waals surface area contributed by atoms with Crippen LogP contribution in [0.5, 0.6) is 0 Å². The molecular weight excluding hydrogens is 561 g/mol. The van der Waals surface area contributed by atoms with E-state index in [1.807, 2.05) is 66.0 Å². The second-order valence-electron chi connectivity index (χ2n) is 10.1. The third-order valence-electron chi connectivity index (χ3n) is 6.99. The van der Waals surface area contributed by atoms with Crippen molar-refractivity contribution < 1.29 is 18.0 Å². The van der Waals surface area contributed by atoms with Crippen LogP contribution in [0.3, 0.4) is 0 Å². The molecule has 0 N–H and O–H groups in total. The summed E-state index contributed by atoms with van der Waals surface area (Å²) in [6, 6.07) is 22.6. The number of carbonyl (C=O) groups is 2. The lowest BCUT2D eigenvalue weighted by molar-refractivity contribution is -0.144. The number of hydrogen-bond acceptors (Lipinski definition) is 6. The number of rotatable bonds is 11. The van der Waals surface area contributed by atoms with E-state index in [0.717, 1.165) is 27.1 Å². The molecule has 2 atom stereocenters. The molecule has 0 spiro atoms. The highest BCUT2D eigenvalue weighted by atomic mass is 32.2. The van der Waals surface area contributed by atoms with Crippen LogP contribution in [-0.2, 0) is 38.0 Å². The molecule has 0 saturated heterocycles. The van der Waals surface area contributed by atoms with Gasteiger partial charge in [-0.15, -0.1) is 22.7 Å². The van der Waals surface area contributed by atoms with Crippen molar-refractivity contribution in [1.82, 2.24) is 9.80 Å². The summed E-state index contributed by atoms with van der Waals surface area (Å²) in [6.45, 7) is 1.48. The standard InChI is InChI=1S/C31H34N2O4S3/c1-22(34)32(2)28(18-23-9-6-5-7-10-23)31(35)33(3)27(26-19-30(39-20-26)29-11-8-16-38-29)17-24-12-14-25(15-13-24)21-40(4,36)37/h5-16,19-20,27-28H,17-18,21H2,1-4H3/t27-,28-/m0/s1. The molecule has 0 bridgehead atoms. The molecule has 0 aliphatic heterocycles. The highest BCUT2D eigenvalue weighted by Crippen LogP contribution is 2.36. The van der Waals surface area contributed by atoms with E-state index < -0.39 is 15.9 Å². The molecule has 0 radical (unpaired) electrons. The van der Waals surface area contributed by atoms with Crippen molar-refractivity contribution in [3.63, 3.8) is 0 Å². The molecule has 0 saturated carbocycles. The first-order chi connectivity index (χ1) is 19.0. The van der Waals surface area contributed by atoms with E-state index in [-0.39, 0.29) is 23.6 Å². The normalized spacial score (nSPS) is 13.0. The summed E-state index contributed by atoms with van der Waals surface area (Å²) in [6.07, 6.45) is 2.18. The van der Waals surface area contributed by atoms with Gasteiger partial charge in [0, 0.05) is 43.4 Å². The van der Waals surface area contributed by atoms with Crippen LogP contribution in [0.25, 0.3) is 9.75 Å². The van der Waals surface area contributed by atoms with Crippen LogP contribution < -0.4 is 0 Å². The maximum atomic E-state index is 14.1. The lowest BCUT2D eigenvalue weighted by atomic mass is 9.97. The van der Waals surface area contributed by atoms with Crippen LogP contribution in [0.15, 0.2) is 83.6 Å². The first kappa shape index (κ1) is 29.7. The fraction of sp³-hybridized carbons (Fsp3) is 0.290. The third-order valence-corrected chi connectivity index (χ3v) is 9.86. The number of carbonyl (C=O) groups excluding carboxylic acids is 2. The average Bonchev–Trinajstić information content (AvgIpc) is 3.62. The fourth-order valence-corrected chi connectivity index (χ4v) is 7.28. The average molecular weight is 595 g/mol. The van der Waals surface area contributed by atoms with Crippen molar-refractivity contribution in [2.45, 2.75) is 37.6 Å². The zero-order chi connectivity index (χ0) is 28.9. The monoisotopic (exact) mass is 594 g/mol. The Balaban J connectivity index is 1.66. The Labute approximate surface area is 244 Å². The highest BCUT2D eigenvalue weighted by molar-refractivity contribution is 7.89. The Morgan fingerprint density at radius 3 is 2.05 bits per heavy atom. The zero-order valence-corrected chi connectivity index (χ0v) is 25.6. The summed E-state index contributed by atoms with van der Waals surface area (Å²) in [5, 5.41) is 4.15. The van der Waals surface area contributed by atoms with E-state index in [9.17, 15) is 18.0 Å². The molecule has 2 aromatic heterocycles. The molecule has 4 aromatic rings. The van der Waals surface area contributed by atoms with Crippen molar-refractivity contribution in [2.75, 3.05) is 20.4 Å². The molecule has 2 heterocycles. The highest BCUT2D eigenvalue weighted by Gasteiger charge is 2.32. The number of amides is 2. The van der Waals surface area contributed by atoms with Crippen LogP contribution in [0.2, 0.25) is 0 Å². The van der Waals surface area contributed by atoms with Crippen molar-refractivity contribution in [3.05, 3.63) is 106 Å². The summed E-state index contributed by atoms with van der Waals surface area (Å²) in [5.74, 6) is -0.317. The summed E-state index contributed by atoms with van der Waals surface area (Å²) < 4.78 is 23.5. The van der Waals surface area contributed by atoms with Gasteiger partial charge in [-0.2, -0.15) is 0 Å². The second-order valence-corrected chi connectivity index (χ2v) is 14.1. The number of hydrogen-bond donors (Lipinski definition) is 0. The molecule has 210 valence electrons. The van der Waals surface area contributed by atoms with Gasteiger partial charge in [0.25, 0.3) is 0 Å². The quantitative estimate of drug-likeness (QED) is 0.218. The number of nitrogens with zero attached hydrogens (tertiary/aromatic N) is 2. The summed E-state index contributed by atoms with van der Waals surface area (Å²) >= 11 is 3.32. The van der Waals surface area contributed by atoms with Crippen molar-refractivity contribution in [3.8, 4) is 9.75 Å². The Bertz CT molecular complexity index is 1530. The summed E-state index contributed by atoms with van der Waals surface area (Å²) in [7, 11) is 0.349. The number of thiophene rings is 2. The van der Waals surface area contributed by atoms with E-state index in [2.05, 4.69) is 17.5 Å². The Morgan fingerprint density at radius 2 is 1.45 bits per heavy atom. The summed E-state index contributed by atoms with van der Waals surface area (Å²) in [4.78, 5) is 32.1. The molecule has 2 aromatic carbocycles. The molecule has 9 heteroatoms. The van der Waals surface area contributed by atoms with Gasteiger partial charge in [0.1, 0.15) is 6.04 Å². The van der Waals surface area contributed by atoms with Crippen molar-refractivity contribution >= 4 is 44.3 Å². The maximum absolute atomic E-state index is 14.1. The van der Waals surface area contributed by atoms with Gasteiger partial charge in [-0.05, 0) is 51.6 Å². The SMILES string of the molecule is CC(=O)N(C)[C@@H](Cc1ccccc1)C(=O)N(C)[C@@H](Cc1ccc(CS(C)(=O)=O)cc1)c1csc(-c2cccs2)c1. The number of benzene rings is 2. The molecule has 0 aliphatic carbocycles. The Hall–Kier alpha value is -3.27. The largest absolute Gasteiger partial charge is 0.337 e. The predicted molar refractivity (Wildman–Crippen MR) is 164 cm³/mol. The molecule has 0 unspecified atom stereocenters. The first-order valence-electron chi connectivity index (χ1n) is 12.9. The van der Waals surface area contributed by atoms with Gasteiger partial charge in [0.2, 0.25) is 11.8 Å². The minimum atomic E-state index is -3.13. The predicted octanol–water partition coefficient (Wildman–Crippen LogP) is 5.85. The second kappa shape index (κ2) is 12.9. The molecule has 6 nitrogen and oxygen atoms in total. The smallest absolute Gasteiger partial charge is 0.245 e. The topological polar surface area (TPSA) is 74.8 Å². The minimum absolute atomic E-state index is 0.0116. The maximum Gasteiger partial charge on any atom is 0.245 e. The van der Waals surface area contributed by atoms with Gasteiger partial charge in [-0.1, -0.05) is 60.7 Å². The lowest BCUT2D eigenvalue weighted by Crippen LogP contribution is -2.50. The summed E-state index contributed by atoms with van der Waals surface area (Å²) in [5.41, 5.74) is 3.73. The van der Waals surface area contributed by atoms with Gasteiger partial charge < -0.3 is 9.80 Å².